The van der Waals surface area contributed by atoms with Crippen LogP contribution in [-0.4, -0.2) is 15.0 Å². The number of aromatic nitrogens is 3. The number of hydrogen-bond donors (Lipinski definition) is 0. The molecule has 2 heterocycles. The minimum Gasteiger partial charge on any atom is -0.443 e. The van der Waals surface area contributed by atoms with E-state index in [1.807, 2.05) is 18.2 Å². The van der Waals surface area contributed by atoms with E-state index in [0.717, 1.165) is 11.1 Å². The van der Waals surface area contributed by atoms with Crippen LogP contribution in [0.4, 0.5) is 0 Å². The van der Waals surface area contributed by atoms with Crippen molar-refractivity contribution < 1.29 is 4.42 Å². The van der Waals surface area contributed by atoms with E-state index in [9.17, 15) is 5.26 Å². The van der Waals surface area contributed by atoms with Gasteiger partial charge in [0.15, 0.2) is 12.0 Å². The first-order valence-electron chi connectivity index (χ1n) is 5.37. The second-order valence-corrected chi connectivity index (χ2v) is 3.78. The number of benzene rings is 1. The third kappa shape index (κ3) is 1.70. The second-order valence-electron chi connectivity index (χ2n) is 3.78. The Morgan fingerprint density at radius 2 is 2.17 bits per heavy atom. The van der Waals surface area contributed by atoms with Crippen molar-refractivity contribution in [3.8, 4) is 6.07 Å². The van der Waals surface area contributed by atoms with Crippen LogP contribution in [0.5, 0.6) is 0 Å². The summed E-state index contributed by atoms with van der Waals surface area (Å²) in [5.41, 5.74) is 2.95. The summed E-state index contributed by atoms with van der Waals surface area (Å²) in [6.45, 7) is 0. The van der Waals surface area contributed by atoms with Crippen molar-refractivity contribution >= 4 is 11.1 Å². The molecule has 3 rings (SSSR count). The molecule has 0 spiro atoms. The van der Waals surface area contributed by atoms with Crippen LogP contribution in [0.25, 0.3) is 11.1 Å². The molecule has 0 fully saturated rings. The summed E-state index contributed by atoms with van der Waals surface area (Å²) in [5.74, 6) is -0.428. The summed E-state index contributed by atoms with van der Waals surface area (Å²) in [5, 5.41) is 9.30. The summed E-state index contributed by atoms with van der Waals surface area (Å²) in [6, 6.07) is 9.49. The van der Waals surface area contributed by atoms with E-state index in [-0.39, 0.29) is 0 Å². The lowest BCUT2D eigenvalue weighted by Crippen LogP contribution is -2.00. The van der Waals surface area contributed by atoms with Gasteiger partial charge in [0.2, 0.25) is 0 Å². The predicted molar refractivity (Wildman–Crippen MR) is 63.5 cm³/mol. The van der Waals surface area contributed by atoms with Gasteiger partial charge < -0.3 is 4.42 Å². The molecule has 0 aliphatic carbocycles. The Morgan fingerprint density at radius 1 is 1.22 bits per heavy atom. The van der Waals surface area contributed by atoms with Gasteiger partial charge in [0, 0.05) is 6.20 Å². The maximum absolute atomic E-state index is 9.30. The fraction of sp³-hybridized carbons (Fsp3) is 0.0769. The Labute approximate surface area is 103 Å². The van der Waals surface area contributed by atoms with E-state index in [1.165, 1.54) is 12.7 Å². The van der Waals surface area contributed by atoms with Crippen LogP contribution >= 0.6 is 0 Å². The number of nitriles is 1. The zero-order valence-electron chi connectivity index (χ0n) is 9.32. The van der Waals surface area contributed by atoms with Gasteiger partial charge in [0.1, 0.15) is 17.8 Å². The van der Waals surface area contributed by atoms with Gasteiger partial charge >= 0.3 is 0 Å². The number of rotatable bonds is 2. The van der Waals surface area contributed by atoms with Gasteiger partial charge in [0.05, 0.1) is 11.8 Å². The molecule has 2 aromatic heterocycles. The van der Waals surface area contributed by atoms with Gasteiger partial charge in [0.25, 0.3) is 0 Å². The van der Waals surface area contributed by atoms with Gasteiger partial charge in [-0.2, -0.15) is 5.26 Å². The number of oxazole rings is 1. The molecule has 5 heteroatoms. The Hall–Kier alpha value is -2.74. The lowest BCUT2D eigenvalue weighted by molar-refractivity contribution is 0.601. The highest BCUT2D eigenvalue weighted by Gasteiger charge is 2.15. The van der Waals surface area contributed by atoms with E-state index >= 15 is 0 Å². The molecule has 5 nitrogen and oxygen atoms in total. The highest BCUT2D eigenvalue weighted by molar-refractivity contribution is 5.73. The van der Waals surface area contributed by atoms with E-state index in [2.05, 4.69) is 21.0 Å². The van der Waals surface area contributed by atoms with Crippen molar-refractivity contribution in [3.63, 3.8) is 0 Å². The van der Waals surface area contributed by atoms with Crippen LogP contribution in [0, 0.1) is 11.3 Å². The number of fused-ring (bicyclic) bond motifs is 1. The van der Waals surface area contributed by atoms with Crippen molar-refractivity contribution in [1.29, 1.82) is 5.26 Å². The Kier molecular flexibility index (Phi) is 2.47. The Bertz CT molecular complexity index is 714. The summed E-state index contributed by atoms with van der Waals surface area (Å²) in [7, 11) is 0. The first-order chi connectivity index (χ1) is 8.88. The van der Waals surface area contributed by atoms with Crippen molar-refractivity contribution in [3.05, 3.63) is 54.4 Å². The van der Waals surface area contributed by atoms with Gasteiger partial charge in [-0.25, -0.2) is 15.0 Å². The predicted octanol–water partition coefficient (Wildman–Crippen LogP) is 2.27. The summed E-state index contributed by atoms with van der Waals surface area (Å²) >= 11 is 0. The van der Waals surface area contributed by atoms with E-state index in [4.69, 9.17) is 4.42 Å². The van der Waals surface area contributed by atoms with Gasteiger partial charge in [-0.15, -0.1) is 0 Å². The maximum atomic E-state index is 9.30. The quantitative estimate of drug-likeness (QED) is 0.682. The van der Waals surface area contributed by atoms with E-state index < -0.39 is 5.92 Å². The highest BCUT2D eigenvalue weighted by Crippen LogP contribution is 2.25. The average Bonchev–Trinajstić information content (AvgIpc) is 2.88. The summed E-state index contributed by atoms with van der Waals surface area (Å²) in [6.07, 6.45) is 4.45. The van der Waals surface area contributed by atoms with Crippen molar-refractivity contribution in [2.45, 2.75) is 5.92 Å². The molecule has 1 unspecified atom stereocenters. The van der Waals surface area contributed by atoms with Gasteiger partial charge in [-0.05, 0) is 23.8 Å². The lowest BCUT2D eigenvalue weighted by atomic mass is 9.97. The van der Waals surface area contributed by atoms with Crippen LogP contribution in [0.15, 0.2) is 47.6 Å². The fourth-order valence-corrected chi connectivity index (χ4v) is 1.83. The van der Waals surface area contributed by atoms with Crippen LogP contribution < -0.4 is 0 Å². The standard InChI is InChI=1S/C13H8N4O/c14-6-10(11-3-4-15-7-16-11)9-1-2-12-13(5-9)18-8-17-12/h1-5,7-8,10H. The molecule has 0 saturated heterocycles. The van der Waals surface area contributed by atoms with E-state index in [1.54, 1.807) is 12.3 Å². The monoisotopic (exact) mass is 236 g/mol. The first-order valence-corrected chi connectivity index (χ1v) is 5.37. The first kappa shape index (κ1) is 10.4. The van der Waals surface area contributed by atoms with Crippen LogP contribution in [0.2, 0.25) is 0 Å². The number of hydrogen-bond acceptors (Lipinski definition) is 5. The van der Waals surface area contributed by atoms with Gasteiger partial charge in [-0.1, -0.05) is 6.07 Å². The second kappa shape index (κ2) is 4.26. The fourth-order valence-electron chi connectivity index (χ4n) is 1.83. The smallest absolute Gasteiger partial charge is 0.181 e. The molecule has 0 saturated carbocycles. The van der Waals surface area contributed by atoms with Crippen molar-refractivity contribution in [2.75, 3.05) is 0 Å². The molecule has 86 valence electrons. The molecule has 0 radical (unpaired) electrons. The van der Waals surface area contributed by atoms with Crippen molar-refractivity contribution in [2.24, 2.45) is 0 Å². The molecule has 0 bridgehead atoms. The molecular weight excluding hydrogens is 228 g/mol. The normalized spacial score (nSPS) is 12.2. The summed E-state index contributed by atoms with van der Waals surface area (Å²) in [4.78, 5) is 12.0. The SMILES string of the molecule is N#CC(c1ccc2ncoc2c1)c1ccncn1. The minimum absolute atomic E-state index is 0.428. The maximum Gasteiger partial charge on any atom is 0.181 e. The molecule has 0 amide bonds. The zero-order chi connectivity index (χ0) is 12.4. The molecule has 0 aliphatic rings. The molecule has 3 aromatic rings. The molecule has 1 atom stereocenters. The summed E-state index contributed by atoms with van der Waals surface area (Å²) < 4.78 is 5.24. The molecule has 1 aromatic carbocycles. The Morgan fingerprint density at radius 3 is 2.94 bits per heavy atom. The average molecular weight is 236 g/mol. The van der Waals surface area contributed by atoms with Gasteiger partial charge in [-0.3, -0.25) is 0 Å². The van der Waals surface area contributed by atoms with Crippen LogP contribution in [0.3, 0.4) is 0 Å². The molecular formula is C13H8N4O. The molecule has 18 heavy (non-hydrogen) atoms. The highest BCUT2D eigenvalue weighted by atomic mass is 16.3. The number of nitrogens with zero attached hydrogens (tertiary/aromatic N) is 4. The third-order valence-corrected chi connectivity index (χ3v) is 2.72. The van der Waals surface area contributed by atoms with Crippen LogP contribution in [-0.2, 0) is 0 Å². The van der Waals surface area contributed by atoms with E-state index in [0.29, 0.717) is 11.3 Å². The molecule has 0 aliphatic heterocycles. The lowest BCUT2D eigenvalue weighted by Gasteiger charge is -2.07. The third-order valence-electron chi connectivity index (χ3n) is 2.72. The topological polar surface area (TPSA) is 75.6 Å². The minimum atomic E-state index is -0.428. The largest absolute Gasteiger partial charge is 0.443 e. The zero-order valence-corrected chi connectivity index (χ0v) is 9.32. The van der Waals surface area contributed by atoms with Crippen molar-refractivity contribution in [1.82, 2.24) is 15.0 Å². The van der Waals surface area contributed by atoms with Crippen LogP contribution in [0.1, 0.15) is 17.2 Å². The molecule has 0 N–H and O–H groups in total. The Balaban J connectivity index is 2.09.